The third-order valence-electron chi connectivity index (χ3n) is 5.68. The van der Waals surface area contributed by atoms with Gasteiger partial charge < -0.3 is 30.5 Å². The van der Waals surface area contributed by atoms with Crippen molar-refractivity contribution in [1.29, 1.82) is 0 Å². The maximum absolute atomic E-state index is 13.8. The summed E-state index contributed by atoms with van der Waals surface area (Å²) in [4.78, 5) is 41.2. The molecule has 0 fully saturated rings. The molecule has 3 amide bonds. The minimum Gasteiger partial charge on any atom is -0.508 e. The van der Waals surface area contributed by atoms with Crippen molar-refractivity contribution < 1.29 is 29.3 Å². The minimum absolute atomic E-state index is 0.0594. The number of carbonyl (C=O) groups is 3. The van der Waals surface area contributed by atoms with Gasteiger partial charge in [-0.1, -0.05) is 43.7 Å². The van der Waals surface area contributed by atoms with Gasteiger partial charge in [-0.2, -0.15) is 0 Å². The molecule has 37 heavy (non-hydrogen) atoms. The van der Waals surface area contributed by atoms with Crippen molar-refractivity contribution in [3.05, 3.63) is 59.2 Å². The van der Waals surface area contributed by atoms with Crippen molar-refractivity contribution in [2.24, 2.45) is 0 Å². The van der Waals surface area contributed by atoms with E-state index in [0.717, 1.165) is 17.5 Å². The van der Waals surface area contributed by atoms with Crippen LogP contribution in [0.2, 0.25) is 0 Å². The number of benzene rings is 2. The second-order valence-corrected chi connectivity index (χ2v) is 10.0. The predicted molar refractivity (Wildman–Crippen MR) is 142 cm³/mol. The van der Waals surface area contributed by atoms with Crippen LogP contribution in [0.25, 0.3) is 0 Å². The van der Waals surface area contributed by atoms with E-state index in [2.05, 4.69) is 10.6 Å². The zero-order valence-electron chi connectivity index (χ0n) is 22.5. The number of hydrogen-bond donors (Lipinski definition) is 4. The average molecular weight is 514 g/mol. The number of rotatable bonds is 10. The minimum atomic E-state index is -1.33. The fourth-order valence-corrected chi connectivity index (χ4v) is 3.90. The van der Waals surface area contributed by atoms with E-state index in [4.69, 9.17) is 4.74 Å². The number of nitrogens with zero attached hydrogens (tertiary/aromatic N) is 1. The highest BCUT2D eigenvalue weighted by Crippen LogP contribution is 2.29. The summed E-state index contributed by atoms with van der Waals surface area (Å²) in [6, 6.07) is 9.30. The number of hydrogen-bond acceptors (Lipinski definition) is 6. The molecule has 202 valence electrons. The topological polar surface area (TPSA) is 128 Å². The smallest absolute Gasteiger partial charge is 0.408 e. The molecule has 4 N–H and O–H groups in total. The molecule has 2 rings (SSSR count). The Morgan fingerprint density at radius 3 is 2.22 bits per heavy atom. The van der Waals surface area contributed by atoms with Crippen LogP contribution >= 0.6 is 0 Å². The van der Waals surface area contributed by atoms with Crippen LogP contribution in [-0.2, 0) is 14.3 Å². The van der Waals surface area contributed by atoms with Gasteiger partial charge in [-0.25, -0.2) is 4.79 Å². The van der Waals surface area contributed by atoms with Crippen molar-refractivity contribution in [3.63, 3.8) is 0 Å². The van der Waals surface area contributed by atoms with Crippen LogP contribution in [0.5, 0.6) is 5.75 Å². The fourth-order valence-electron chi connectivity index (χ4n) is 3.90. The number of phenols is 1. The standard InChI is InChI=1S/C28H39N3O6/c1-7-8-15-31(26(35)22(17-32)29-27(36)37-28(4,5)6)24(20-13-10-14-21(33)16-20)25(34)30-23-18(2)11-9-12-19(23)3/h9-14,16,22,24,32-33H,7-8,15,17H2,1-6H3,(H,29,36)(H,30,34). The molecule has 2 aromatic carbocycles. The Hall–Kier alpha value is -3.59. The van der Waals surface area contributed by atoms with Crippen LogP contribution in [0, 0.1) is 13.8 Å². The zero-order chi connectivity index (χ0) is 27.8. The van der Waals surface area contributed by atoms with Gasteiger partial charge >= 0.3 is 6.09 Å². The molecular weight excluding hydrogens is 474 g/mol. The number of aliphatic hydroxyl groups excluding tert-OH is 1. The lowest BCUT2D eigenvalue weighted by atomic mass is 10.0. The first-order chi connectivity index (χ1) is 17.4. The Balaban J connectivity index is 2.51. The van der Waals surface area contributed by atoms with E-state index >= 15 is 0 Å². The number of carbonyl (C=O) groups excluding carboxylic acids is 3. The summed E-state index contributed by atoms with van der Waals surface area (Å²) < 4.78 is 5.25. The molecule has 9 heteroatoms. The molecule has 0 saturated carbocycles. The van der Waals surface area contributed by atoms with Gasteiger partial charge in [0.25, 0.3) is 5.91 Å². The molecular formula is C28H39N3O6. The summed E-state index contributed by atoms with van der Waals surface area (Å²) in [7, 11) is 0. The number of alkyl carbamates (subject to hydrolysis) is 1. The largest absolute Gasteiger partial charge is 0.508 e. The normalized spacial score (nSPS) is 12.8. The van der Waals surface area contributed by atoms with Gasteiger partial charge in [0.1, 0.15) is 23.4 Å². The van der Waals surface area contributed by atoms with Gasteiger partial charge in [-0.3, -0.25) is 9.59 Å². The maximum Gasteiger partial charge on any atom is 0.408 e. The summed E-state index contributed by atoms with van der Waals surface area (Å²) in [5.74, 6) is -1.19. The van der Waals surface area contributed by atoms with E-state index in [0.29, 0.717) is 17.7 Å². The molecule has 0 heterocycles. The average Bonchev–Trinajstić information content (AvgIpc) is 2.81. The molecule has 0 radical (unpaired) electrons. The van der Waals surface area contributed by atoms with Gasteiger partial charge in [-0.05, 0) is 69.9 Å². The summed E-state index contributed by atoms with van der Waals surface area (Å²) >= 11 is 0. The Morgan fingerprint density at radius 2 is 1.68 bits per heavy atom. The number of ether oxygens (including phenoxy) is 1. The first kappa shape index (κ1) is 29.6. The monoisotopic (exact) mass is 513 g/mol. The van der Waals surface area contributed by atoms with Crippen molar-refractivity contribution >= 4 is 23.6 Å². The zero-order valence-corrected chi connectivity index (χ0v) is 22.5. The first-order valence-electron chi connectivity index (χ1n) is 12.4. The van der Waals surface area contributed by atoms with Crippen LogP contribution in [0.1, 0.15) is 63.3 Å². The number of nitrogens with one attached hydrogen (secondary N) is 2. The molecule has 9 nitrogen and oxygen atoms in total. The van der Waals surface area contributed by atoms with Crippen molar-refractivity contribution in [3.8, 4) is 5.75 Å². The van der Waals surface area contributed by atoms with E-state index in [-0.39, 0.29) is 12.3 Å². The molecule has 0 saturated heterocycles. The van der Waals surface area contributed by atoms with E-state index < -0.39 is 42.2 Å². The molecule has 0 bridgehead atoms. The lowest BCUT2D eigenvalue weighted by molar-refractivity contribution is -0.141. The van der Waals surface area contributed by atoms with Crippen molar-refractivity contribution in [2.75, 3.05) is 18.5 Å². The molecule has 0 aliphatic carbocycles. The summed E-state index contributed by atoms with van der Waals surface area (Å²) in [6.45, 7) is 10.2. The predicted octanol–water partition coefficient (Wildman–Crippen LogP) is 4.20. The van der Waals surface area contributed by atoms with E-state index in [1.807, 2.05) is 39.0 Å². The number of anilines is 1. The molecule has 0 spiro atoms. The number of amides is 3. The van der Waals surface area contributed by atoms with Crippen LogP contribution in [0.4, 0.5) is 10.5 Å². The maximum atomic E-state index is 13.8. The van der Waals surface area contributed by atoms with E-state index in [1.54, 1.807) is 32.9 Å². The first-order valence-corrected chi connectivity index (χ1v) is 12.4. The van der Waals surface area contributed by atoms with Gasteiger partial charge in [0.05, 0.1) is 6.61 Å². The second-order valence-electron chi connectivity index (χ2n) is 10.0. The third kappa shape index (κ3) is 8.49. The quantitative estimate of drug-likeness (QED) is 0.377. The molecule has 0 aromatic heterocycles. The van der Waals surface area contributed by atoms with Gasteiger partial charge in [-0.15, -0.1) is 0 Å². The fraction of sp³-hybridized carbons (Fsp3) is 0.464. The van der Waals surface area contributed by atoms with Crippen LogP contribution in [0.15, 0.2) is 42.5 Å². The SMILES string of the molecule is CCCCN(C(=O)C(CO)NC(=O)OC(C)(C)C)C(C(=O)Nc1c(C)cccc1C)c1cccc(O)c1. The van der Waals surface area contributed by atoms with E-state index in [1.165, 1.54) is 17.0 Å². The summed E-state index contributed by atoms with van der Waals surface area (Å²) in [5.41, 5.74) is 1.93. The lowest BCUT2D eigenvalue weighted by Gasteiger charge is -2.34. The van der Waals surface area contributed by atoms with Gasteiger partial charge in [0.2, 0.25) is 5.91 Å². The molecule has 2 aromatic rings. The number of unbranched alkanes of at least 4 members (excludes halogenated alkanes) is 1. The Morgan fingerprint density at radius 1 is 1.05 bits per heavy atom. The van der Waals surface area contributed by atoms with Gasteiger partial charge in [0, 0.05) is 12.2 Å². The number of para-hydroxylation sites is 1. The Kier molecular flexibility index (Phi) is 10.5. The number of aryl methyl sites for hydroxylation is 2. The van der Waals surface area contributed by atoms with Crippen LogP contribution in [0.3, 0.4) is 0 Å². The highest BCUT2D eigenvalue weighted by Gasteiger charge is 2.36. The highest BCUT2D eigenvalue weighted by atomic mass is 16.6. The van der Waals surface area contributed by atoms with Crippen LogP contribution in [-0.4, -0.2) is 57.8 Å². The second kappa shape index (κ2) is 13.1. The van der Waals surface area contributed by atoms with E-state index in [9.17, 15) is 24.6 Å². The van der Waals surface area contributed by atoms with Crippen molar-refractivity contribution in [1.82, 2.24) is 10.2 Å². The molecule has 2 unspecified atom stereocenters. The number of phenolic OH excluding ortho intramolecular Hbond substituents is 1. The molecule has 0 aliphatic heterocycles. The van der Waals surface area contributed by atoms with Crippen LogP contribution < -0.4 is 10.6 Å². The Labute approximate surface area is 218 Å². The molecule has 0 aliphatic rings. The van der Waals surface area contributed by atoms with Crippen molar-refractivity contribution in [2.45, 2.75) is 72.1 Å². The molecule has 2 atom stereocenters. The lowest BCUT2D eigenvalue weighted by Crippen LogP contribution is -2.54. The third-order valence-corrected chi connectivity index (χ3v) is 5.68. The number of aliphatic hydroxyl groups is 1. The number of aromatic hydroxyl groups is 1. The summed E-state index contributed by atoms with van der Waals surface area (Å²) in [6.07, 6.45) is 0.449. The Bertz CT molecular complexity index is 1080. The highest BCUT2D eigenvalue weighted by molar-refractivity contribution is 6.00. The summed E-state index contributed by atoms with van der Waals surface area (Å²) in [5, 5.41) is 25.5. The van der Waals surface area contributed by atoms with Gasteiger partial charge in [0.15, 0.2) is 0 Å².